The molecule has 1 amide bonds. The molecule has 0 spiro atoms. The van der Waals surface area contributed by atoms with Gasteiger partial charge in [0, 0.05) is 29.1 Å². The molecule has 0 atom stereocenters. The fourth-order valence-corrected chi connectivity index (χ4v) is 2.20. The molecule has 20 heavy (non-hydrogen) atoms. The Morgan fingerprint density at radius 1 is 1.25 bits per heavy atom. The Morgan fingerprint density at radius 3 is 2.65 bits per heavy atom. The minimum atomic E-state index is -0.183. The maximum atomic E-state index is 12.3. The average molecular weight is 334 g/mol. The highest BCUT2D eigenvalue weighted by Gasteiger charge is 2.12. The van der Waals surface area contributed by atoms with Gasteiger partial charge in [0.15, 0.2) is 0 Å². The van der Waals surface area contributed by atoms with Crippen LogP contribution in [0.5, 0.6) is 0 Å². The summed E-state index contributed by atoms with van der Waals surface area (Å²) < 4.78 is 0.964. The molecule has 0 fully saturated rings. The molecule has 104 valence electrons. The van der Waals surface area contributed by atoms with E-state index in [4.69, 9.17) is 0 Å². The van der Waals surface area contributed by atoms with E-state index in [0.29, 0.717) is 5.56 Å². The minimum Gasteiger partial charge on any atom is -0.387 e. The van der Waals surface area contributed by atoms with Crippen LogP contribution in [0.2, 0.25) is 0 Å². The first-order valence-electron chi connectivity index (χ1n) is 6.23. The van der Waals surface area contributed by atoms with Crippen molar-refractivity contribution in [1.82, 2.24) is 4.98 Å². The van der Waals surface area contributed by atoms with E-state index in [-0.39, 0.29) is 5.91 Å². The third-order valence-electron chi connectivity index (χ3n) is 2.98. The minimum absolute atomic E-state index is 0.183. The van der Waals surface area contributed by atoms with Crippen molar-refractivity contribution < 1.29 is 4.79 Å². The average Bonchev–Trinajstić information content (AvgIpc) is 2.42. The van der Waals surface area contributed by atoms with Gasteiger partial charge in [0.25, 0.3) is 5.91 Å². The van der Waals surface area contributed by atoms with Crippen molar-refractivity contribution in [2.24, 2.45) is 0 Å². The van der Waals surface area contributed by atoms with Gasteiger partial charge < -0.3 is 10.6 Å². The molecule has 0 aliphatic carbocycles. The van der Waals surface area contributed by atoms with Crippen molar-refractivity contribution in [2.75, 3.05) is 17.7 Å². The Bertz CT molecular complexity index is 656. The molecule has 0 saturated carbocycles. The van der Waals surface area contributed by atoms with Gasteiger partial charge in [-0.05, 0) is 37.6 Å². The molecule has 0 unspecified atom stereocenters. The van der Waals surface area contributed by atoms with Crippen LogP contribution in [0.3, 0.4) is 0 Å². The van der Waals surface area contributed by atoms with Crippen molar-refractivity contribution in [3.05, 3.63) is 51.8 Å². The van der Waals surface area contributed by atoms with Crippen LogP contribution in [0.1, 0.15) is 21.6 Å². The van der Waals surface area contributed by atoms with Crippen molar-refractivity contribution >= 4 is 33.2 Å². The van der Waals surface area contributed by atoms with Gasteiger partial charge in [0.2, 0.25) is 0 Å². The highest BCUT2D eigenvalue weighted by molar-refractivity contribution is 9.10. The van der Waals surface area contributed by atoms with Gasteiger partial charge in [-0.1, -0.05) is 22.0 Å². The summed E-state index contributed by atoms with van der Waals surface area (Å²) in [5.74, 6) is -0.183. The Kier molecular flexibility index (Phi) is 4.39. The molecule has 0 bridgehead atoms. The summed E-state index contributed by atoms with van der Waals surface area (Å²) in [7, 11) is 1.79. The molecule has 2 rings (SSSR count). The fourth-order valence-electron chi connectivity index (χ4n) is 1.82. The lowest BCUT2D eigenvalue weighted by Gasteiger charge is -2.11. The second-order valence-electron chi connectivity index (χ2n) is 4.54. The lowest BCUT2D eigenvalue weighted by atomic mass is 10.2. The molecule has 2 N–H and O–H groups in total. The van der Waals surface area contributed by atoms with Gasteiger partial charge in [-0.2, -0.15) is 0 Å². The summed E-state index contributed by atoms with van der Waals surface area (Å²) in [6.45, 7) is 3.89. The van der Waals surface area contributed by atoms with Crippen LogP contribution in [0.15, 0.2) is 34.9 Å². The topological polar surface area (TPSA) is 54.0 Å². The molecule has 5 heteroatoms. The first-order chi connectivity index (χ1) is 9.51. The van der Waals surface area contributed by atoms with Crippen molar-refractivity contribution in [2.45, 2.75) is 13.8 Å². The summed E-state index contributed by atoms with van der Waals surface area (Å²) in [6, 6.07) is 7.55. The lowest BCUT2D eigenvalue weighted by Crippen LogP contribution is -2.14. The molecule has 1 aromatic carbocycles. The number of anilines is 2. The highest BCUT2D eigenvalue weighted by atomic mass is 79.9. The number of hydrogen-bond acceptors (Lipinski definition) is 3. The first kappa shape index (κ1) is 14.5. The molecule has 0 aliphatic heterocycles. The number of nitrogens with zero attached hydrogens (tertiary/aromatic N) is 1. The number of pyridine rings is 1. The number of benzene rings is 1. The largest absolute Gasteiger partial charge is 0.387 e. The third kappa shape index (κ3) is 3.17. The Labute approximate surface area is 126 Å². The van der Waals surface area contributed by atoms with Crippen molar-refractivity contribution in [3.8, 4) is 0 Å². The van der Waals surface area contributed by atoms with Crippen LogP contribution in [0, 0.1) is 13.8 Å². The van der Waals surface area contributed by atoms with Gasteiger partial charge in [-0.25, -0.2) is 0 Å². The quantitative estimate of drug-likeness (QED) is 0.899. The smallest absolute Gasteiger partial charge is 0.259 e. The molecule has 0 aliphatic rings. The van der Waals surface area contributed by atoms with Crippen LogP contribution in [-0.4, -0.2) is 17.9 Å². The van der Waals surface area contributed by atoms with Gasteiger partial charge in [0.1, 0.15) is 0 Å². The normalized spacial score (nSPS) is 10.2. The molecular weight excluding hydrogens is 318 g/mol. The molecule has 0 radical (unpaired) electrons. The standard InChI is InChI=1S/C15H16BrN3O/c1-9-4-5-11(7-13(9)16)19-15(20)12-8-18-10(2)6-14(12)17-3/h4-8H,1-3H3,(H,17,18)(H,19,20). The van der Waals surface area contributed by atoms with Gasteiger partial charge in [0.05, 0.1) is 11.3 Å². The zero-order valence-corrected chi connectivity index (χ0v) is 13.2. The van der Waals surface area contributed by atoms with E-state index >= 15 is 0 Å². The van der Waals surface area contributed by atoms with E-state index < -0.39 is 0 Å². The summed E-state index contributed by atoms with van der Waals surface area (Å²) in [6.07, 6.45) is 1.58. The van der Waals surface area contributed by atoms with E-state index in [9.17, 15) is 4.79 Å². The maximum Gasteiger partial charge on any atom is 0.259 e. The second kappa shape index (κ2) is 6.05. The number of amides is 1. The number of hydrogen-bond donors (Lipinski definition) is 2. The van der Waals surface area contributed by atoms with Crippen LogP contribution in [0.25, 0.3) is 0 Å². The number of aromatic nitrogens is 1. The molecule has 2 aromatic rings. The van der Waals surface area contributed by atoms with Crippen LogP contribution in [0.4, 0.5) is 11.4 Å². The lowest BCUT2D eigenvalue weighted by molar-refractivity contribution is 0.102. The highest BCUT2D eigenvalue weighted by Crippen LogP contribution is 2.22. The molecule has 1 aromatic heterocycles. The number of aryl methyl sites for hydroxylation is 2. The summed E-state index contributed by atoms with van der Waals surface area (Å²) in [5, 5.41) is 5.88. The number of rotatable bonds is 3. The van der Waals surface area contributed by atoms with Gasteiger partial charge in [-0.15, -0.1) is 0 Å². The molecule has 4 nitrogen and oxygen atoms in total. The zero-order chi connectivity index (χ0) is 14.7. The molecule has 1 heterocycles. The Balaban J connectivity index is 2.25. The second-order valence-corrected chi connectivity index (χ2v) is 5.39. The Hall–Kier alpha value is -1.88. The summed E-state index contributed by atoms with van der Waals surface area (Å²) in [4.78, 5) is 16.5. The predicted molar refractivity (Wildman–Crippen MR) is 85.4 cm³/mol. The summed E-state index contributed by atoms with van der Waals surface area (Å²) >= 11 is 3.45. The van der Waals surface area contributed by atoms with Gasteiger partial charge in [-0.3, -0.25) is 9.78 Å². The van der Waals surface area contributed by atoms with E-state index in [1.807, 2.05) is 38.1 Å². The summed E-state index contributed by atoms with van der Waals surface area (Å²) in [5.41, 5.74) is 4.02. The number of halogens is 1. The maximum absolute atomic E-state index is 12.3. The predicted octanol–water partition coefficient (Wildman–Crippen LogP) is 3.75. The molecular formula is C15H16BrN3O. The third-order valence-corrected chi connectivity index (χ3v) is 3.84. The fraction of sp³-hybridized carbons (Fsp3) is 0.200. The SMILES string of the molecule is CNc1cc(C)ncc1C(=O)Nc1ccc(C)c(Br)c1. The van der Waals surface area contributed by atoms with E-state index in [1.165, 1.54) is 0 Å². The van der Waals surface area contributed by atoms with E-state index in [0.717, 1.165) is 27.1 Å². The molecule has 0 saturated heterocycles. The zero-order valence-electron chi connectivity index (χ0n) is 11.6. The van der Waals surface area contributed by atoms with Crippen molar-refractivity contribution in [1.29, 1.82) is 0 Å². The van der Waals surface area contributed by atoms with Crippen LogP contribution >= 0.6 is 15.9 Å². The number of carbonyl (C=O) groups excluding carboxylic acids is 1. The van der Waals surface area contributed by atoms with Crippen molar-refractivity contribution in [3.63, 3.8) is 0 Å². The number of carbonyl (C=O) groups is 1. The van der Waals surface area contributed by atoms with Crippen LogP contribution in [-0.2, 0) is 0 Å². The number of nitrogens with one attached hydrogen (secondary N) is 2. The first-order valence-corrected chi connectivity index (χ1v) is 7.02. The monoisotopic (exact) mass is 333 g/mol. The van der Waals surface area contributed by atoms with E-state index in [1.54, 1.807) is 13.2 Å². The van der Waals surface area contributed by atoms with E-state index in [2.05, 4.69) is 31.5 Å². The van der Waals surface area contributed by atoms with Gasteiger partial charge >= 0.3 is 0 Å². The van der Waals surface area contributed by atoms with Crippen LogP contribution < -0.4 is 10.6 Å². The Morgan fingerprint density at radius 2 is 2.00 bits per heavy atom.